The predicted octanol–water partition coefficient (Wildman–Crippen LogP) is -0.135. The second kappa shape index (κ2) is 5.77. The zero-order valence-electron chi connectivity index (χ0n) is 10.9. The quantitative estimate of drug-likeness (QED) is 0.808. The third-order valence-corrected chi connectivity index (χ3v) is 3.08. The molecule has 0 bridgehead atoms. The van der Waals surface area contributed by atoms with Crippen LogP contribution in [-0.2, 0) is 11.3 Å². The lowest BCUT2D eigenvalue weighted by Gasteiger charge is -2.34. The molecule has 0 saturated carbocycles. The number of rotatable bonds is 3. The summed E-state index contributed by atoms with van der Waals surface area (Å²) in [5.74, 6) is 0.887. The van der Waals surface area contributed by atoms with E-state index in [4.69, 9.17) is 0 Å². The number of nitrogens with one attached hydrogen (secondary N) is 1. The highest BCUT2D eigenvalue weighted by atomic mass is 16.2. The zero-order chi connectivity index (χ0) is 13.0. The van der Waals surface area contributed by atoms with Crippen molar-refractivity contribution in [2.45, 2.75) is 13.5 Å². The fraction of sp³-hybridized carbons (Fsp3) is 0.583. The second-order valence-corrected chi connectivity index (χ2v) is 4.41. The molecular formula is C12H19N5O. The van der Waals surface area contributed by atoms with Crippen LogP contribution in [-0.4, -0.2) is 54.0 Å². The highest BCUT2D eigenvalue weighted by Gasteiger charge is 2.20. The first-order valence-corrected chi connectivity index (χ1v) is 6.16. The number of nitrogens with zero attached hydrogens (tertiary/aromatic N) is 4. The molecule has 1 amide bonds. The third kappa shape index (κ3) is 2.95. The van der Waals surface area contributed by atoms with Crippen LogP contribution in [0.3, 0.4) is 0 Å². The molecule has 1 aromatic heterocycles. The Labute approximate surface area is 107 Å². The summed E-state index contributed by atoms with van der Waals surface area (Å²) in [5, 5.41) is 3.06. The van der Waals surface area contributed by atoms with Gasteiger partial charge in [-0.15, -0.1) is 0 Å². The topological polar surface area (TPSA) is 61.4 Å². The van der Waals surface area contributed by atoms with Crippen LogP contribution in [0.5, 0.6) is 0 Å². The minimum absolute atomic E-state index is 0.139. The molecule has 1 aliphatic rings. The van der Waals surface area contributed by atoms with E-state index in [1.807, 2.05) is 24.3 Å². The van der Waals surface area contributed by atoms with Crippen LogP contribution in [0.15, 0.2) is 12.4 Å². The summed E-state index contributed by atoms with van der Waals surface area (Å²) in [6.45, 7) is 5.47. The zero-order valence-corrected chi connectivity index (χ0v) is 10.9. The number of piperazine rings is 1. The fourth-order valence-corrected chi connectivity index (χ4v) is 2.03. The van der Waals surface area contributed by atoms with E-state index in [9.17, 15) is 4.79 Å². The van der Waals surface area contributed by atoms with Crippen molar-refractivity contribution in [3.63, 3.8) is 0 Å². The summed E-state index contributed by atoms with van der Waals surface area (Å²) < 4.78 is 0. The molecule has 2 rings (SSSR count). The van der Waals surface area contributed by atoms with E-state index >= 15 is 0 Å². The number of carbonyl (C=O) groups is 1. The van der Waals surface area contributed by atoms with Gasteiger partial charge in [-0.2, -0.15) is 0 Å². The Morgan fingerprint density at radius 3 is 2.39 bits per heavy atom. The van der Waals surface area contributed by atoms with E-state index in [1.165, 1.54) is 0 Å². The average molecular weight is 249 g/mol. The SMILES string of the molecule is CNCc1cnc(N2CCN(C(C)=O)CC2)nc1. The lowest BCUT2D eigenvalue weighted by Crippen LogP contribution is -2.48. The Kier molecular flexibility index (Phi) is 4.09. The molecule has 2 heterocycles. The summed E-state index contributed by atoms with van der Waals surface area (Å²) in [4.78, 5) is 23.9. The maximum Gasteiger partial charge on any atom is 0.225 e. The van der Waals surface area contributed by atoms with Gasteiger partial charge in [-0.1, -0.05) is 0 Å². The van der Waals surface area contributed by atoms with Gasteiger partial charge in [-0.3, -0.25) is 4.79 Å². The van der Waals surface area contributed by atoms with Crippen molar-refractivity contribution in [3.8, 4) is 0 Å². The van der Waals surface area contributed by atoms with E-state index in [2.05, 4.69) is 20.2 Å². The van der Waals surface area contributed by atoms with E-state index in [-0.39, 0.29) is 5.91 Å². The Bertz CT molecular complexity index is 397. The van der Waals surface area contributed by atoms with Crippen molar-refractivity contribution in [1.82, 2.24) is 20.2 Å². The maximum absolute atomic E-state index is 11.2. The molecule has 0 atom stereocenters. The third-order valence-electron chi connectivity index (χ3n) is 3.08. The van der Waals surface area contributed by atoms with Crippen molar-refractivity contribution < 1.29 is 4.79 Å². The van der Waals surface area contributed by atoms with E-state index in [0.717, 1.165) is 44.2 Å². The average Bonchev–Trinajstić information content (AvgIpc) is 2.40. The molecule has 1 aromatic rings. The summed E-state index contributed by atoms with van der Waals surface area (Å²) in [5.41, 5.74) is 1.07. The molecule has 18 heavy (non-hydrogen) atoms. The molecule has 1 saturated heterocycles. The lowest BCUT2D eigenvalue weighted by molar-refractivity contribution is -0.129. The fourth-order valence-electron chi connectivity index (χ4n) is 2.03. The van der Waals surface area contributed by atoms with Crippen molar-refractivity contribution >= 4 is 11.9 Å². The minimum Gasteiger partial charge on any atom is -0.339 e. The van der Waals surface area contributed by atoms with Crippen molar-refractivity contribution in [2.24, 2.45) is 0 Å². The monoisotopic (exact) mass is 249 g/mol. The molecule has 6 nitrogen and oxygen atoms in total. The summed E-state index contributed by atoms with van der Waals surface area (Å²) >= 11 is 0. The number of aromatic nitrogens is 2. The molecule has 0 aromatic carbocycles. The van der Waals surface area contributed by atoms with Crippen LogP contribution < -0.4 is 10.2 Å². The Morgan fingerprint density at radius 2 is 1.89 bits per heavy atom. The van der Waals surface area contributed by atoms with Crippen LogP contribution in [0, 0.1) is 0 Å². The standard InChI is InChI=1S/C12H19N5O/c1-10(18)16-3-5-17(6-4-16)12-14-8-11(7-13-2)9-15-12/h8-9,13H,3-7H2,1-2H3. The molecule has 0 radical (unpaired) electrons. The molecule has 98 valence electrons. The maximum atomic E-state index is 11.2. The van der Waals surface area contributed by atoms with Gasteiger partial charge in [0.15, 0.2) is 0 Å². The van der Waals surface area contributed by atoms with E-state index < -0.39 is 0 Å². The van der Waals surface area contributed by atoms with Gasteiger partial charge in [0.1, 0.15) is 0 Å². The van der Waals surface area contributed by atoms with Crippen LogP contribution in [0.2, 0.25) is 0 Å². The van der Waals surface area contributed by atoms with Gasteiger partial charge in [0.05, 0.1) is 0 Å². The highest BCUT2D eigenvalue weighted by molar-refractivity contribution is 5.73. The Hall–Kier alpha value is -1.69. The van der Waals surface area contributed by atoms with Crippen molar-refractivity contribution in [1.29, 1.82) is 0 Å². The highest BCUT2D eigenvalue weighted by Crippen LogP contribution is 2.10. The number of hydrogen-bond donors (Lipinski definition) is 1. The number of hydrogen-bond acceptors (Lipinski definition) is 5. The predicted molar refractivity (Wildman–Crippen MR) is 69.3 cm³/mol. The molecule has 0 aliphatic carbocycles. The number of anilines is 1. The largest absolute Gasteiger partial charge is 0.339 e. The first-order valence-electron chi connectivity index (χ1n) is 6.16. The van der Waals surface area contributed by atoms with Gasteiger partial charge in [-0.05, 0) is 7.05 Å². The second-order valence-electron chi connectivity index (χ2n) is 4.41. The smallest absolute Gasteiger partial charge is 0.225 e. The first-order chi connectivity index (χ1) is 8.70. The first kappa shape index (κ1) is 12.8. The Morgan fingerprint density at radius 1 is 1.28 bits per heavy atom. The lowest BCUT2D eigenvalue weighted by atomic mass is 10.3. The molecule has 0 unspecified atom stereocenters. The summed E-state index contributed by atoms with van der Waals surface area (Å²) in [6, 6.07) is 0. The van der Waals surface area contributed by atoms with Gasteiger partial charge >= 0.3 is 0 Å². The van der Waals surface area contributed by atoms with Crippen molar-refractivity contribution in [2.75, 3.05) is 38.1 Å². The normalized spacial score (nSPS) is 15.9. The van der Waals surface area contributed by atoms with Gasteiger partial charge in [0.2, 0.25) is 11.9 Å². The van der Waals surface area contributed by atoms with Crippen LogP contribution in [0.25, 0.3) is 0 Å². The molecule has 1 N–H and O–H groups in total. The molecule has 1 aliphatic heterocycles. The Balaban J connectivity index is 1.95. The van der Waals surface area contributed by atoms with Crippen LogP contribution >= 0.6 is 0 Å². The van der Waals surface area contributed by atoms with Gasteiger partial charge in [-0.25, -0.2) is 9.97 Å². The van der Waals surface area contributed by atoms with E-state index in [1.54, 1.807) is 6.92 Å². The molecular weight excluding hydrogens is 230 g/mol. The van der Waals surface area contributed by atoms with Crippen LogP contribution in [0.1, 0.15) is 12.5 Å². The molecule has 1 fully saturated rings. The molecule has 0 spiro atoms. The number of carbonyl (C=O) groups excluding carboxylic acids is 1. The minimum atomic E-state index is 0.139. The van der Waals surface area contributed by atoms with Crippen molar-refractivity contribution in [3.05, 3.63) is 18.0 Å². The molecule has 6 heteroatoms. The summed E-state index contributed by atoms with van der Waals surface area (Å²) in [7, 11) is 1.90. The van der Waals surface area contributed by atoms with E-state index in [0.29, 0.717) is 0 Å². The van der Waals surface area contributed by atoms with Gasteiger partial charge in [0.25, 0.3) is 0 Å². The number of amides is 1. The van der Waals surface area contributed by atoms with Gasteiger partial charge < -0.3 is 15.1 Å². The van der Waals surface area contributed by atoms with Gasteiger partial charge in [0, 0.05) is 57.6 Å². The van der Waals surface area contributed by atoms with Crippen LogP contribution in [0.4, 0.5) is 5.95 Å². The summed E-state index contributed by atoms with van der Waals surface area (Å²) in [6.07, 6.45) is 3.69.